The van der Waals surface area contributed by atoms with Crippen LogP contribution in [0.25, 0.3) is 11.3 Å². The molecule has 0 aliphatic heterocycles. The van der Waals surface area contributed by atoms with Gasteiger partial charge in [-0.25, -0.2) is 14.4 Å². The highest BCUT2D eigenvalue weighted by atomic mass is 19.1. The van der Waals surface area contributed by atoms with E-state index in [1.54, 1.807) is 30.3 Å². The first-order valence-corrected chi connectivity index (χ1v) is 9.81. The van der Waals surface area contributed by atoms with Crippen molar-refractivity contribution < 1.29 is 9.18 Å². The van der Waals surface area contributed by atoms with Gasteiger partial charge >= 0.3 is 0 Å². The van der Waals surface area contributed by atoms with E-state index in [0.29, 0.717) is 17.1 Å². The summed E-state index contributed by atoms with van der Waals surface area (Å²) in [5.41, 5.74) is 5.79. The van der Waals surface area contributed by atoms with E-state index in [-0.39, 0.29) is 11.7 Å². The molecule has 1 aromatic heterocycles. The number of halogens is 1. The number of aryl methyl sites for hydroxylation is 2. The summed E-state index contributed by atoms with van der Waals surface area (Å²) in [5.74, 6) is 0.136. The molecule has 0 spiro atoms. The van der Waals surface area contributed by atoms with Crippen molar-refractivity contribution in [3.05, 3.63) is 102 Å². The first-order valence-electron chi connectivity index (χ1n) is 9.81. The fourth-order valence-electron chi connectivity index (χ4n) is 3.31. The van der Waals surface area contributed by atoms with E-state index >= 15 is 0 Å². The fraction of sp³-hybridized carbons (Fsp3) is 0.0800. The quantitative estimate of drug-likeness (QED) is 0.429. The summed E-state index contributed by atoms with van der Waals surface area (Å²) < 4.78 is 13.1. The van der Waals surface area contributed by atoms with Crippen molar-refractivity contribution in [2.45, 2.75) is 13.8 Å². The number of anilines is 3. The molecule has 5 nitrogen and oxygen atoms in total. The number of hydrogen-bond donors (Lipinski definition) is 2. The van der Waals surface area contributed by atoms with Gasteiger partial charge in [-0.1, -0.05) is 6.07 Å². The van der Waals surface area contributed by atoms with Crippen molar-refractivity contribution >= 4 is 23.1 Å². The minimum absolute atomic E-state index is 0.169. The number of nitrogens with one attached hydrogen (secondary N) is 2. The Morgan fingerprint density at radius 1 is 0.806 bits per heavy atom. The van der Waals surface area contributed by atoms with E-state index < -0.39 is 0 Å². The topological polar surface area (TPSA) is 66.9 Å². The second-order valence-electron chi connectivity index (χ2n) is 7.33. The van der Waals surface area contributed by atoms with Crippen LogP contribution in [0.5, 0.6) is 0 Å². The Morgan fingerprint density at radius 2 is 1.48 bits per heavy atom. The molecule has 0 saturated carbocycles. The third-order valence-electron chi connectivity index (χ3n) is 4.71. The van der Waals surface area contributed by atoms with Crippen LogP contribution in [0.2, 0.25) is 0 Å². The van der Waals surface area contributed by atoms with Crippen LogP contribution >= 0.6 is 0 Å². The van der Waals surface area contributed by atoms with Crippen LogP contribution in [0.15, 0.2) is 79.1 Å². The Balaban J connectivity index is 1.45. The number of carbonyl (C=O) groups excluding carboxylic acids is 1. The molecule has 6 heteroatoms. The number of rotatable bonds is 5. The number of aromatic nitrogens is 2. The third kappa shape index (κ3) is 5.11. The van der Waals surface area contributed by atoms with Crippen LogP contribution in [-0.2, 0) is 0 Å². The Bertz CT molecular complexity index is 1200. The van der Waals surface area contributed by atoms with E-state index in [1.807, 2.05) is 38.1 Å². The summed E-state index contributed by atoms with van der Waals surface area (Å²) in [6, 6.07) is 21.0. The molecule has 0 atom stereocenters. The van der Waals surface area contributed by atoms with Gasteiger partial charge in [0.1, 0.15) is 18.0 Å². The van der Waals surface area contributed by atoms with Gasteiger partial charge in [0.05, 0.1) is 5.69 Å². The molecule has 4 rings (SSSR count). The van der Waals surface area contributed by atoms with Crippen LogP contribution in [0.3, 0.4) is 0 Å². The molecule has 0 aliphatic rings. The maximum absolute atomic E-state index is 13.1. The minimum Gasteiger partial charge on any atom is -0.340 e. The molecule has 31 heavy (non-hydrogen) atoms. The van der Waals surface area contributed by atoms with Crippen molar-refractivity contribution in [1.29, 1.82) is 0 Å². The van der Waals surface area contributed by atoms with E-state index in [4.69, 9.17) is 0 Å². The molecule has 154 valence electrons. The number of nitrogens with zero attached hydrogens (tertiary/aromatic N) is 2. The Hall–Kier alpha value is -4.06. The van der Waals surface area contributed by atoms with Crippen LogP contribution in [-0.4, -0.2) is 15.9 Å². The van der Waals surface area contributed by atoms with Crippen molar-refractivity contribution in [2.24, 2.45) is 0 Å². The monoisotopic (exact) mass is 412 g/mol. The van der Waals surface area contributed by atoms with Crippen molar-refractivity contribution in [3.63, 3.8) is 0 Å². The summed E-state index contributed by atoms with van der Waals surface area (Å²) in [5, 5.41) is 6.13. The largest absolute Gasteiger partial charge is 0.340 e. The molecule has 2 N–H and O–H groups in total. The Labute approximate surface area is 180 Å². The second-order valence-corrected chi connectivity index (χ2v) is 7.33. The molecule has 0 fully saturated rings. The zero-order valence-corrected chi connectivity index (χ0v) is 17.2. The van der Waals surface area contributed by atoms with Gasteiger partial charge in [0.2, 0.25) is 0 Å². The molecule has 4 aromatic rings. The van der Waals surface area contributed by atoms with Crippen LogP contribution in [0.4, 0.5) is 21.6 Å². The lowest BCUT2D eigenvalue weighted by molar-refractivity contribution is 0.102. The first kappa shape index (κ1) is 20.2. The zero-order chi connectivity index (χ0) is 21.8. The van der Waals surface area contributed by atoms with Crippen LogP contribution < -0.4 is 10.6 Å². The van der Waals surface area contributed by atoms with Gasteiger partial charge in [-0.3, -0.25) is 4.79 Å². The molecule has 1 amide bonds. The van der Waals surface area contributed by atoms with Gasteiger partial charge < -0.3 is 10.6 Å². The van der Waals surface area contributed by atoms with E-state index in [9.17, 15) is 9.18 Å². The van der Waals surface area contributed by atoms with Gasteiger partial charge in [0, 0.05) is 28.6 Å². The molecule has 3 aromatic carbocycles. The molecule has 0 radical (unpaired) electrons. The standard InChI is InChI=1S/C25H21FN4O/c1-16-11-17(2)13-22(12-16)30-25(31)19-5-9-21(10-6-19)29-24-14-23(27-15-28-24)18-3-7-20(26)8-4-18/h3-15H,1-2H3,(H,30,31)(H,27,28,29). The van der Waals surface area contributed by atoms with Gasteiger partial charge in [-0.15, -0.1) is 0 Å². The number of amides is 1. The molecule has 0 unspecified atom stereocenters. The minimum atomic E-state index is -0.294. The zero-order valence-electron chi connectivity index (χ0n) is 17.2. The molecule has 0 saturated heterocycles. The summed E-state index contributed by atoms with van der Waals surface area (Å²) in [7, 11) is 0. The highest BCUT2D eigenvalue weighted by Gasteiger charge is 2.08. The highest BCUT2D eigenvalue weighted by Crippen LogP contribution is 2.22. The SMILES string of the molecule is Cc1cc(C)cc(NC(=O)c2ccc(Nc3cc(-c4ccc(F)cc4)ncn3)cc2)c1. The van der Waals surface area contributed by atoms with E-state index in [2.05, 4.69) is 26.7 Å². The third-order valence-corrected chi connectivity index (χ3v) is 4.71. The summed E-state index contributed by atoms with van der Waals surface area (Å²) in [6.07, 6.45) is 1.45. The maximum atomic E-state index is 13.1. The summed E-state index contributed by atoms with van der Waals surface area (Å²) in [6.45, 7) is 4.00. The Morgan fingerprint density at radius 3 is 2.16 bits per heavy atom. The summed E-state index contributed by atoms with van der Waals surface area (Å²) in [4.78, 5) is 21.0. The molecular weight excluding hydrogens is 391 g/mol. The lowest BCUT2D eigenvalue weighted by Gasteiger charge is -2.10. The average Bonchev–Trinajstić information content (AvgIpc) is 2.74. The molecule has 0 aliphatic carbocycles. The number of hydrogen-bond acceptors (Lipinski definition) is 4. The van der Waals surface area contributed by atoms with Gasteiger partial charge in [0.15, 0.2) is 0 Å². The lowest BCUT2D eigenvalue weighted by Crippen LogP contribution is -2.12. The normalized spacial score (nSPS) is 10.5. The fourth-order valence-corrected chi connectivity index (χ4v) is 3.31. The van der Waals surface area contributed by atoms with Crippen LogP contribution in [0, 0.1) is 19.7 Å². The smallest absolute Gasteiger partial charge is 0.255 e. The van der Waals surface area contributed by atoms with E-state index in [0.717, 1.165) is 28.1 Å². The molecular formula is C25H21FN4O. The average molecular weight is 412 g/mol. The highest BCUT2D eigenvalue weighted by molar-refractivity contribution is 6.04. The molecule has 1 heterocycles. The second kappa shape index (κ2) is 8.75. The predicted molar refractivity (Wildman–Crippen MR) is 121 cm³/mol. The van der Waals surface area contributed by atoms with Crippen LogP contribution in [0.1, 0.15) is 21.5 Å². The van der Waals surface area contributed by atoms with Gasteiger partial charge in [-0.05, 0) is 85.6 Å². The predicted octanol–water partition coefficient (Wildman–Crippen LogP) is 5.90. The van der Waals surface area contributed by atoms with Crippen molar-refractivity contribution in [2.75, 3.05) is 10.6 Å². The maximum Gasteiger partial charge on any atom is 0.255 e. The number of carbonyl (C=O) groups is 1. The van der Waals surface area contributed by atoms with E-state index in [1.165, 1.54) is 18.5 Å². The van der Waals surface area contributed by atoms with Gasteiger partial charge in [-0.2, -0.15) is 0 Å². The summed E-state index contributed by atoms with van der Waals surface area (Å²) >= 11 is 0. The van der Waals surface area contributed by atoms with Crippen molar-refractivity contribution in [3.8, 4) is 11.3 Å². The van der Waals surface area contributed by atoms with Gasteiger partial charge in [0.25, 0.3) is 5.91 Å². The Kier molecular flexibility index (Phi) is 5.71. The lowest BCUT2D eigenvalue weighted by atomic mass is 10.1. The molecule has 0 bridgehead atoms. The number of benzene rings is 3. The van der Waals surface area contributed by atoms with Crippen molar-refractivity contribution in [1.82, 2.24) is 9.97 Å². The first-order chi connectivity index (χ1) is 15.0.